The molecule has 1 aromatic rings. The van der Waals surface area contributed by atoms with E-state index in [0.29, 0.717) is 6.04 Å². The zero-order chi connectivity index (χ0) is 14.0. The topological polar surface area (TPSA) is 41.1 Å². The normalized spacial score (nSPS) is 28.4. The first kappa shape index (κ1) is 13.6. The van der Waals surface area contributed by atoms with Gasteiger partial charge in [-0.15, -0.1) is 0 Å². The zero-order valence-corrected chi connectivity index (χ0v) is 12.2. The third kappa shape index (κ3) is 2.59. The average Bonchev–Trinajstić information content (AvgIpc) is 2.43. The molecule has 0 unspecified atom stereocenters. The summed E-state index contributed by atoms with van der Waals surface area (Å²) in [6.07, 6.45) is 5.27. The number of rotatable bonds is 3. The van der Waals surface area contributed by atoms with Crippen LogP contribution in [0.1, 0.15) is 44.6 Å². The SMILES string of the molecule is C[C@H]1C[C@@H](C(=O)NC2(c3ccccc3)CCC2)CCN1. The maximum absolute atomic E-state index is 12.6. The Morgan fingerprint density at radius 2 is 2.05 bits per heavy atom. The molecule has 1 saturated heterocycles. The first-order valence-electron chi connectivity index (χ1n) is 7.80. The summed E-state index contributed by atoms with van der Waals surface area (Å²) < 4.78 is 0. The van der Waals surface area contributed by atoms with Gasteiger partial charge in [0.1, 0.15) is 0 Å². The molecule has 2 atom stereocenters. The van der Waals surface area contributed by atoms with E-state index < -0.39 is 0 Å². The Hall–Kier alpha value is -1.35. The van der Waals surface area contributed by atoms with Crippen LogP contribution in [-0.2, 0) is 10.3 Å². The van der Waals surface area contributed by atoms with E-state index in [0.717, 1.165) is 32.2 Å². The number of benzene rings is 1. The minimum absolute atomic E-state index is 0.0908. The molecular formula is C17H24N2O. The summed E-state index contributed by atoms with van der Waals surface area (Å²) in [5, 5.41) is 6.78. The molecule has 0 spiro atoms. The molecule has 3 heteroatoms. The molecule has 1 heterocycles. The fourth-order valence-corrected chi connectivity index (χ4v) is 3.48. The van der Waals surface area contributed by atoms with Gasteiger partial charge in [0.15, 0.2) is 0 Å². The van der Waals surface area contributed by atoms with Crippen molar-refractivity contribution in [2.45, 2.75) is 50.6 Å². The molecular weight excluding hydrogens is 248 g/mol. The van der Waals surface area contributed by atoms with Crippen LogP contribution >= 0.6 is 0 Å². The summed E-state index contributed by atoms with van der Waals surface area (Å²) in [5.41, 5.74) is 1.17. The number of hydrogen-bond donors (Lipinski definition) is 2. The largest absolute Gasteiger partial charge is 0.346 e. The van der Waals surface area contributed by atoms with Crippen molar-refractivity contribution in [3.63, 3.8) is 0 Å². The van der Waals surface area contributed by atoms with Gasteiger partial charge in [-0.2, -0.15) is 0 Å². The third-order valence-corrected chi connectivity index (χ3v) is 4.89. The van der Waals surface area contributed by atoms with E-state index in [-0.39, 0.29) is 17.4 Å². The van der Waals surface area contributed by atoms with Crippen LogP contribution in [0.3, 0.4) is 0 Å². The first-order valence-corrected chi connectivity index (χ1v) is 7.80. The molecule has 0 bridgehead atoms. The lowest BCUT2D eigenvalue weighted by Crippen LogP contribution is -2.54. The van der Waals surface area contributed by atoms with Gasteiger partial charge in [-0.3, -0.25) is 4.79 Å². The predicted molar refractivity (Wildman–Crippen MR) is 80.3 cm³/mol. The Bertz CT molecular complexity index is 467. The molecule has 108 valence electrons. The number of carbonyl (C=O) groups excluding carboxylic acids is 1. The predicted octanol–water partition coefficient (Wildman–Crippen LogP) is 2.57. The van der Waals surface area contributed by atoms with Crippen molar-refractivity contribution in [3.05, 3.63) is 35.9 Å². The molecule has 0 aromatic heterocycles. The van der Waals surface area contributed by atoms with E-state index in [2.05, 4.69) is 41.8 Å². The number of carbonyl (C=O) groups is 1. The van der Waals surface area contributed by atoms with Crippen molar-refractivity contribution in [3.8, 4) is 0 Å². The third-order valence-electron chi connectivity index (χ3n) is 4.89. The number of amides is 1. The van der Waals surface area contributed by atoms with Gasteiger partial charge in [-0.1, -0.05) is 30.3 Å². The Kier molecular flexibility index (Phi) is 3.79. The maximum atomic E-state index is 12.6. The summed E-state index contributed by atoms with van der Waals surface area (Å²) >= 11 is 0. The lowest BCUT2D eigenvalue weighted by Gasteiger charge is -2.44. The van der Waals surface area contributed by atoms with Gasteiger partial charge in [0.2, 0.25) is 5.91 Å². The average molecular weight is 272 g/mol. The van der Waals surface area contributed by atoms with E-state index >= 15 is 0 Å². The standard InChI is InChI=1S/C17H24N2O/c1-13-12-14(8-11-18-13)16(20)19-17(9-5-10-17)15-6-3-2-4-7-15/h2-4,6-7,13-14,18H,5,8-12H2,1H3,(H,19,20)/t13-,14-/m0/s1. The Morgan fingerprint density at radius 1 is 1.30 bits per heavy atom. The highest BCUT2D eigenvalue weighted by Crippen LogP contribution is 2.41. The van der Waals surface area contributed by atoms with Crippen molar-refractivity contribution in [2.75, 3.05) is 6.54 Å². The van der Waals surface area contributed by atoms with E-state index in [1.807, 2.05) is 6.07 Å². The van der Waals surface area contributed by atoms with Crippen molar-refractivity contribution >= 4 is 5.91 Å². The lowest BCUT2D eigenvalue weighted by molar-refractivity contribution is -0.129. The van der Waals surface area contributed by atoms with Crippen LogP contribution in [-0.4, -0.2) is 18.5 Å². The Morgan fingerprint density at radius 3 is 2.65 bits per heavy atom. The van der Waals surface area contributed by atoms with Crippen LogP contribution in [0.4, 0.5) is 0 Å². The molecule has 1 saturated carbocycles. The van der Waals surface area contributed by atoms with Crippen LogP contribution in [0.2, 0.25) is 0 Å². The molecule has 2 N–H and O–H groups in total. The number of piperidine rings is 1. The van der Waals surface area contributed by atoms with Crippen molar-refractivity contribution in [1.82, 2.24) is 10.6 Å². The zero-order valence-electron chi connectivity index (χ0n) is 12.2. The van der Waals surface area contributed by atoms with E-state index in [9.17, 15) is 4.79 Å². The van der Waals surface area contributed by atoms with Gasteiger partial charge >= 0.3 is 0 Å². The first-order chi connectivity index (χ1) is 9.70. The molecule has 1 amide bonds. The molecule has 3 rings (SSSR count). The maximum Gasteiger partial charge on any atom is 0.223 e. The highest BCUT2D eigenvalue weighted by atomic mass is 16.2. The highest BCUT2D eigenvalue weighted by Gasteiger charge is 2.41. The summed E-state index contributed by atoms with van der Waals surface area (Å²) in [7, 11) is 0. The summed E-state index contributed by atoms with van der Waals surface area (Å²) in [6, 6.07) is 10.9. The molecule has 3 nitrogen and oxygen atoms in total. The molecule has 2 fully saturated rings. The van der Waals surface area contributed by atoms with Crippen LogP contribution in [0.25, 0.3) is 0 Å². The summed E-state index contributed by atoms with van der Waals surface area (Å²) in [5.74, 6) is 0.425. The second-order valence-electron chi connectivity index (χ2n) is 6.37. The summed E-state index contributed by atoms with van der Waals surface area (Å²) in [4.78, 5) is 12.6. The summed E-state index contributed by atoms with van der Waals surface area (Å²) in [6.45, 7) is 3.12. The second-order valence-corrected chi connectivity index (χ2v) is 6.37. The molecule has 20 heavy (non-hydrogen) atoms. The van der Waals surface area contributed by atoms with Crippen molar-refractivity contribution < 1.29 is 4.79 Å². The van der Waals surface area contributed by atoms with Gasteiger partial charge in [0, 0.05) is 12.0 Å². The molecule has 1 aliphatic heterocycles. The smallest absolute Gasteiger partial charge is 0.223 e. The van der Waals surface area contributed by atoms with E-state index in [1.165, 1.54) is 12.0 Å². The van der Waals surface area contributed by atoms with Gasteiger partial charge in [-0.05, 0) is 51.1 Å². The lowest BCUT2D eigenvalue weighted by atomic mass is 9.71. The highest BCUT2D eigenvalue weighted by molar-refractivity contribution is 5.80. The number of hydrogen-bond acceptors (Lipinski definition) is 2. The second kappa shape index (κ2) is 5.57. The Labute approximate surface area is 121 Å². The molecule has 0 radical (unpaired) electrons. The van der Waals surface area contributed by atoms with Gasteiger partial charge in [0.25, 0.3) is 0 Å². The van der Waals surface area contributed by atoms with Gasteiger partial charge in [-0.25, -0.2) is 0 Å². The minimum atomic E-state index is -0.0908. The molecule has 2 aliphatic rings. The number of nitrogens with one attached hydrogen (secondary N) is 2. The van der Waals surface area contributed by atoms with Crippen LogP contribution in [0.15, 0.2) is 30.3 Å². The molecule has 1 aromatic carbocycles. The van der Waals surface area contributed by atoms with Gasteiger partial charge < -0.3 is 10.6 Å². The van der Waals surface area contributed by atoms with Crippen LogP contribution < -0.4 is 10.6 Å². The van der Waals surface area contributed by atoms with Crippen molar-refractivity contribution in [2.24, 2.45) is 5.92 Å². The van der Waals surface area contributed by atoms with Crippen LogP contribution in [0, 0.1) is 5.92 Å². The van der Waals surface area contributed by atoms with Gasteiger partial charge in [0.05, 0.1) is 5.54 Å². The van der Waals surface area contributed by atoms with Crippen LogP contribution in [0.5, 0.6) is 0 Å². The minimum Gasteiger partial charge on any atom is -0.346 e. The fourth-order valence-electron chi connectivity index (χ4n) is 3.48. The van der Waals surface area contributed by atoms with E-state index in [1.54, 1.807) is 0 Å². The Balaban J connectivity index is 1.70. The van der Waals surface area contributed by atoms with Crippen molar-refractivity contribution in [1.29, 1.82) is 0 Å². The van der Waals surface area contributed by atoms with E-state index in [4.69, 9.17) is 0 Å². The monoisotopic (exact) mass is 272 g/mol. The fraction of sp³-hybridized carbons (Fsp3) is 0.588. The quantitative estimate of drug-likeness (QED) is 0.888. The molecule has 1 aliphatic carbocycles.